The molecule has 1 aromatic carbocycles. The van der Waals surface area contributed by atoms with Crippen molar-refractivity contribution in [2.45, 2.75) is 13.8 Å². The molecule has 1 heterocycles. The summed E-state index contributed by atoms with van der Waals surface area (Å²) >= 11 is 0. The molecule has 86 valence electrons. The first kappa shape index (κ1) is 11.0. The summed E-state index contributed by atoms with van der Waals surface area (Å²) in [5.41, 5.74) is 6.93. The molecule has 2 rings (SSSR count). The number of guanidine groups is 1. The molecular formula is C13H19N3. The van der Waals surface area contributed by atoms with E-state index in [0.717, 1.165) is 18.8 Å². The van der Waals surface area contributed by atoms with E-state index in [4.69, 9.17) is 5.73 Å². The van der Waals surface area contributed by atoms with Crippen LogP contribution in [0, 0.1) is 11.8 Å². The van der Waals surface area contributed by atoms with Crippen LogP contribution in [0.15, 0.2) is 35.3 Å². The van der Waals surface area contributed by atoms with Gasteiger partial charge in [-0.05, 0) is 24.0 Å². The molecule has 0 radical (unpaired) electrons. The van der Waals surface area contributed by atoms with E-state index >= 15 is 0 Å². The smallest absolute Gasteiger partial charge is 0.196 e. The molecule has 3 heteroatoms. The Hall–Kier alpha value is -1.51. The maximum atomic E-state index is 6.01. The van der Waals surface area contributed by atoms with Gasteiger partial charge in [0.25, 0.3) is 0 Å². The first-order valence-electron chi connectivity index (χ1n) is 5.81. The van der Waals surface area contributed by atoms with Crippen LogP contribution < -0.4 is 5.73 Å². The second-order valence-electron chi connectivity index (χ2n) is 4.67. The SMILES string of the molecule is CC1CN(C(N)=Nc2ccccc2)CC1C. The van der Waals surface area contributed by atoms with Crippen LogP contribution in [0.3, 0.4) is 0 Å². The van der Waals surface area contributed by atoms with Gasteiger partial charge in [-0.15, -0.1) is 0 Å². The third-order valence-corrected chi connectivity index (χ3v) is 3.31. The summed E-state index contributed by atoms with van der Waals surface area (Å²) in [5, 5.41) is 0. The van der Waals surface area contributed by atoms with Crippen molar-refractivity contribution >= 4 is 11.6 Å². The summed E-state index contributed by atoms with van der Waals surface area (Å²) in [7, 11) is 0. The summed E-state index contributed by atoms with van der Waals surface area (Å²) in [6.45, 7) is 6.56. The van der Waals surface area contributed by atoms with Gasteiger partial charge in [0.2, 0.25) is 0 Å². The third kappa shape index (κ3) is 2.35. The fourth-order valence-electron chi connectivity index (χ4n) is 2.02. The number of likely N-dealkylation sites (tertiary alicyclic amines) is 1. The Morgan fingerprint density at radius 1 is 1.19 bits per heavy atom. The van der Waals surface area contributed by atoms with Gasteiger partial charge in [0.05, 0.1) is 5.69 Å². The van der Waals surface area contributed by atoms with Crippen LogP contribution in [0.25, 0.3) is 0 Å². The number of para-hydroxylation sites is 1. The number of hydrogen-bond acceptors (Lipinski definition) is 1. The van der Waals surface area contributed by atoms with Crippen LogP contribution in [-0.4, -0.2) is 23.9 Å². The van der Waals surface area contributed by atoms with Crippen LogP contribution in [0.5, 0.6) is 0 Å². The molecule has 1 saturated heterocycles. The highest BCUT2D eigenvalue weighted by Gasteiger charge is 2.26. The molecule has 0 spiro atoms. The maximum Gasteiger partial charge on any atom is 0.196 e. The van der Waals surface area contributed by atoms with Gasteiger partial charge < -0.3 is 10.6 Å². The van der Waals surface area contributed by atoms with Gasteiger partial charge in [-0.2, -0.15) is 0 Å². The zero-order valence-electron chi connectivity index (χ0n) is 9.93. The van der Waals surface area contributed by atoms with E-state index in [1.807, 2.05) is 30.3 Å². The fourth-order valence-corrected chi connectivity index (χ4v) is 2.02. The Labute approximate surface area is 97.0 Å². The minimum absolute atomic E-state index is 0.641. The Balaban J connectivity index is 2.08. The molecule has 2 N–H and O–H groups in total. The molecule has 0 aliphatic carbocycles. The summed E-state index contributed by atoms with van der Waals surface area (Å²) in [5.74, 6) is 2.04. The van der Waals surface area contributed by atoms with Crippen molar-refractivity contribution in [3.05, 3.63) is 30.3 Å². The molecule has 1 aliphatic rings. The lowest BCUT2D eigenvalue weighted by Crippen LogP contribution is -2.35. The average Bonchev–Trinajstić information content (AvgIpc) is 2.61. The van der Waals surface area contributed by atoms with Gasteiger partial charge in [0, 0.05) is 13.1 Å². The summed E-state index contributed by atoms with van der Waals surface area (Å²) < 4.78 is 0. The molecule has 2 atom stereocenters. The number of nitrogens with two attached hydrogens (primary N) is 1. The van der Waals surface area contributed by atoms with Crippen LogP contribution in [0.4, 0.5) is 5.69 Å². The summed E-state index contributed by atoms with van der Waals surface area (Å²) in [6, 6.07) is 9.86. The van der Waals surface area contributed by atoms with Crippen molar-refractivity contribution in [2.24, 2.45) is 22.6 Å². The lowest BCUT2D eigenvalue weighted by molar-refractivity contribution is 0.489. The van der Waals surface area contributed by atoms with Crippen molar-refractivity contribution in [1.29, 1.82) is 0 Å². The molecule has 0 amide bonds. The Morgan fingerprint density at radius 3 is 2.31 bits per heavy atom. The highest BCUT2D eigenvalue weighted by atomic mass is 15.3. The standard InChI is InChI=1S/C13H19N3/c1-10-8-16(9-11(10)2)13(14)15-12-6-4-3-5-7-12/h3-7,10-11H,8-9H2,1-2H3,(H2,14,15). The quantitative estimate of drug-likeness (QED) is 0.579. The zero-order chi connectivity index (χ0) is 11.5. The van der Waals surface area contributed by atoms with E-state index in [1.54, 1.807) is 0 Å². The van der Waals surface area contributed by atoms with Gasteiger partial charge in [-0.3, -0.25) is 0 Å². The van der Waals surface area contributed by atoms with E-state index in [1.165, 1.54) is 0 Å². The lowest BCUT2D eigenvalue weighted by atomic mass is 10.0. The highest BCUT2D eigenvalue weighted by Crippen LogP contribution is 2.22. The third-order valence-electron chi connectivity index (χ3n) is 3.31. The van der Waals surface area contributed by atoms with Crippen LogP contribution in [0.1, 0.15) is 13.8 Å². The normalized spacial score (nSPS) is 26.1. The zero-order valence-corrected chi connectivity index (χ0v) is 9.93. The van der Waals surface area contributed by atoms with E-state index in [0.29, 0.717) is 17.8 Å². The van der Waals surface area contributed by atoms with Gasteiger partial charge in [-0.1, -0.05) is 32.0 Å². The van der Waals surface area contributed by atoms with Gasteiger partial charge >= 0.3 is 0 Å². The molecule has 0 aromatic heterocycles. The van der Waals surface area contributed by atoms with E-state index in [2.05, 4.69) is 23.7 Å². The number of benzene rings is 1. The Morgan fingerprint density at radius 2 is 1.75 bits per heavy atom. The van der Waals surface area contributed by atoms with Crippen molar-refractivity contribution < 1.29 is 0 Å². The molecule has 2 unspecified atom stereocenters. The van der Waals surface area contributed by atoms with Crippen LogP contribution in [0.2, 0.25) is 0 Å². The van der Waals surface area contributed by atoms with E-state index in [9.17, 15) is 0 Å². The predicted molar refractivity (Wildman–Crippen MR) is 67.6 cm³/mol. The topological polar surface area (TPSA) is 41.6 Å². The minimum Gasteiger partial charge on any atom is -0.369 e. The van der Waals surface area contributed by atoms with Crippen molar-refractivity contribution in [3.8, 4) is 0 Å². The largest absolute Gasteiger partial charge is 0.369 e. The molecule has 0 saturated carbocycles. The molecule has 1 fully saturated rings. The average molecular weight is 217 g/mol. The molecular weight excluding hydrogens is 198 g/mol. The Bertz CT molecular complexity index is 362. The lowest BCUT2D eigenvalue weighted by Gasteiger charge is -2.16. The van der Waals surface area contributed by atoms with Crippen molar-refractivity contribution in [1.82, 2.24) is 4.90 Å². The molecule has 1 aromatic rings. The first-order valence-corrected chi connectivity index (χ1v) is 5.81. The fraction of sp³-hybridized carbons (Fsp3) is 0.462. The Kier molecular flexibility index (Phi) is 3.13. The maximum absolute atomic E-state index is 6.01. The van der Waals surface area contributed by atoms with Crippen molar-refractivity contribution in [3.63, 3.8) is 0 Å². The number of rotatable bonds is 1. The van der Waals surface area contributed by atoms with Gasteiger partial charge in [0.1, 0.15) is 0 Å². The molecule has 16 heavy (non-hydrogen) atoms. The number of hydrogen-bond donors (Lipinski definition) is 1. The van der Waals surface area contributed by atoms with Crippen LogP contribution in [-0.2, 0) is 0 Å². The minimum atomic E-state index is 0.641. The summed E-state index contributed by atoms with van der Waals surface area (Å²) in [6.07, 6.45) is 0. The van der Waals surface area contributed by atoms with E-state index < -0.39 is 0 Å². The molecule has 3 nitrogen and oxygen atoms in total. The van der Waals surface area contributed by atoms with Crippen molar-refractivity contribution in [2.75, 3.05) is 13.1 Å². The monoisotopic (exact) mass is 217 g/mol. The molecule has 1 aliphatic heterocycles. The van der Waals surface area contributed by atoms with Crippen LogP contribution >= 0.6 is 0 Å². The second kappa shape index (κ2) is 4.56. The first-order chi connectivity index (χ1) is 7.66. The number of nitrogens with zero attached hydrogens (tertiary/aromatic N) is 2. The molecule has 0 bridgehead atoms. The van der Waals surface area contributed by atoms with E-state index in [-0.39, 0.29) is 0 Å². The predicted octanol–water partition coefficient (Wildman–Crippen LogP) is 2.22. The highest BCUT2D eigenvalue weighted by molar-refractivity contribution is 5.81. The van der Waals surface area contributed by atoms with Gasteiger partial charge in [-0.25, -0.2) is 4.99 Å². The number of aliphatic imine (C=N–C) groups is 1. The summed E-state index contributed by atoms with van der Waals surface area (Å²) in [4.78, 5) is 6.60. The van der Waals surface area contributed by atoms with Gasteiger partial charge in [0.15, 0.2) is 5.96 Å². The second-order valence-corrected chi connectivity index (χ2v) is 4.67.